The zero-order chi connectivity index (χ0) is 13.6. The topological polar surface area (TPSA) is 37.3 Å². The second kappa shape index (κ2) is 12.2. The number of rotatable bonds is 9. The fraction of sp³-hybridized carbons (Fsp3) is 0.688. The van der Waals surface area contributed by atoms with E-state index in [-0.39, 0.29) is 0 Å². The van der Waals surface area contributed by atoms with Crippen LogP contribution in [0, 0.1) is 11.8 Å². The van der Waals surface area contributed by atoms with Gasteiger partial charge in [0.05, 0.1) is 0 Å². The van der Waals surface area contributed by atoms with Gasteiger partial charge in [-0.1, -0.05) is 63.7 Å². The van der Waals surface area contributed by atoms with Crippen LogP contribution in [0.15, 0.2) is 11.6 Å². The van der Waals surface area contributed by atoms with Crippen molar-refractivity contribution >= 4 is 5.97 Å². The maximum atomic E-state index is 10.5. The molecule has 0 unspecified atom stereocenters. The molecule has 0 spiro atoms. The summed E-state index contributed by atoms with van der Waals surface area (Å²) in [6.07, 6.45) is 12.8. The van der Waals surface area contributed by atoms with Gasteiger partial charge in [0, 0.05) is 12.0 Å². The van der Waals surface area contributed by atoms with E-state index in [1.165, 1.54) is 51.0 Å². The molecule has 0 saturated carbocycles. The highest BCUT2D eigenvalue weighted by molar-refractivity contribution is 5.86. The molecule has 2 nitrogen and oxygen atoms in total. The molecule has 0 amide bonds. The Hall–Kier alpha value is -1.23. The first-order valence-corrected chi connectivity index (χ1v) is 7.07. The Bertz CT molecular complexity index is 305. The molecule has 18 heavy (non-hydrogen) atoms. The molecule has 0 bridgehead atoms. The molecular weight excluding hydrogens is 224 g/mol. The Morgan fingerprint density at radius 2 is 1.61 bits per heavy atom. The first-order chi connectivity index (χ1) is 8.68. The standard InChI is InChI=1S/C16H26O2/c1-3-4-5-6-7-8-9-10-11-12-13-14-15(2)16(17)18/h14H,3-11H2,1-2H3,(H,17,18). The van der Waals surface area contributed by atoms with Crippen LogP contribution >= 0.6 is 0 Å². The van der Waals surface area contributed by atoms with Crippen molar-refractivity contribution in [2.45, 2.75) is 71.6 Å². The maximum Gasteiger partial charge on any atom is 0.331 e. The molecule has 0 atom stereocenters. The first-order valence-electron chi connectivity index (χ1n) is 7.07. The number of allylic oxidation sites excluding steroid dienone is 1. The van der Waals surface area contributed by atoms with E-state index in [0.29, 0.717) is 5.57 Å². The van der Waals surface area contributed by atoms with Gasteiger partial charge in [0.15, 0.2) is 0 Å². The van der Waals surface area contributed by atoms with Crippen molar-refractivity contribution in [3.8, 4) is 11.8 Å². The molecule has 102 valence electrons. The summed E-state index contributed by atoms with van der Waals surface area (Å²) in [6.45, 7) is 3.80. The number of carboxylic acids is 1. The van der Waals surface area contributed by atoms with Gasteiger partial charge in [-0.05, 0) is 19.4 Å². The Morgan fingerprint density at radius 3 is 2.17 bits per heavy atom. The van der Waals surface area contributed by atoms with Gasteiger partial charge in [-0.15, -0.1) is 0 Å². The lowest BCUT2D eigenvalue weighted by molar-refractivity contribution is -0.132. The molecule has 0 heterocycles. The third-order valence-corrected chi connectivity index (χ3v) is 2.88. The summed E-state index contributed by atoms with van der Waals surface area (Å²) in [5, 5.41) is 8.61. The van der Waals surface area contributed by atoms with Crippen LogP contribution in [-0.4, -0.2) is 11.1 Å². The highest BCUT2D eigenvalue weighted by atomic mass is 16.4. The minimum absolute atomic E-state index is 0.304. The average molecular weight is 250 g/mol. The van der Waals surface area contributed by atoms with E-state index >= 15 is 0 Å². The molecule has 0 aromatic rings. The normalized spacial score (nSPS) is 10.9. The van der Waals surface area contributed by atoms with Crippen LogP contribution in [0.5, 0.6) is 0 Å². The Morgan fingerprint density at radius 1 is 1.06 bits per heavy atom. The quantitative estimate of drug-likeness (QED) is 0.370. The Kier molecular flexibility index (Phi) is 11.4. The van der Waals surface area contributed by atoms with Gasteiger partial charge in [-0.3, -0.25) is 0 Å². The fourth-order valence-electron chi connectivity index (χ4n) is 1.64. The van der Waals surface area contributed by atoms with Crippen molar-refractivity contribution in [2.75, 3.05) is 0 Å². The number of carboxylic acid groups (broad SMARTS) is 1. The van der Waals surface area contributed by atoms with Crippen molar-refractivity contribution < 1.29 is 9.90 Å². The minimum Gasteiger partial charge on any atom is -0.478 e. The highest BCUT2D eigenvalue weighted by Crippen LogP contribution is 2.09. The zero-order valence-corrected chi connectivity index (χ0v) is 11.8. The predicted octanol–water partition coefficient (Wildman–Crippen LogP) is 4.55. The molecule has 1 N–H and O–H groups in total. The minimum atomic E-state index is -0.892. The van der Waals surface area contributed by atoms with Gasteiger partial charge in [-0.25, -0.2) is 4.79 Å². The summed E-state index contributed by atoms with van der Waals surface area (Å²) in [5.74, 6) is 4.89. The zero-order valence-electron chi connectivity index (χ0n) is 11.8. The van der Waals surface area contributed by atoms with Crippen LogP contribution in [0.4, 0.5) is 0 Å². The lowest BCUT2D eigenvalue weighted by Gasteiger charge is -1.99. The van der Waals surface area contributed by atoms with Gasteiger partial charge in [0.1, 0.15) is 0 Å². The van der Waals surface area contributed by atoms with E-state index < -0.39 is 5.97 Å². The largest absolute Gasteiger partial charge is 0.478 e. The summed E-state index contributed by atoms with van der Waals surface area (Å²) in [5.41, 5.74) is 0.304. The second-order valence-corrected chi connectivity index (χ2v) is 4.68. The maximum absolute atomic E-state index is 10.5. The second-order valence-electron chi connectivity index (χ2n) is 4.68. The SMILES string of the molecule is CCCCCCCCCCC#CC=C(C)C(=O)O. The van der Waals surface area contributed by atoms with Gasteiger partial charge >= 0.3 is 5.97 Å². The summed E-state index contributed by atoms with van der Waals surface area (Å²) < 4.78 is 0. The molecule has 0 aromatic carbocycles. The third-order valence-electron chi connectivity index (χ3n) is 2.88. The molecule has 0 aliphatic carbocycles. The predicted molar refractivity (Wildman–Crippen MR) is 76.4 cm³/mol. The van der Waals surface area contributed by atoms with E-state index in [9.17, 15) is 4.79 Å². The van der Waals surface area contributed by atoms with Crippen LogP contribution in [0.2, 0.25) is 0 Å². The lowest BCUT2D eigenvalue weighted by Crippen LogP contribution is -1.94. The Balaban J connectivity index is 3.38. The first kappa shape index (κ1) is 16.8. The van der Waals surface area contributed by atoms with Crippen molar-refractivity contribution in [1.29, 1.82) is 0 Å². The fourth-order valence-corrected chi connectivity index (χ4v) is 1.64. The van der Waals surface area contributed by atoms with Crippen LogP contribution in [0.1, 0.15) is 71.6 Å². The van der Waals surface area contributed by atoms with Crippen LogP contribution in [0.3, 0.4) is 0 Å². The van der Waals surface area contributed by atoms with Crippen LogP contribution in [-0.2, 0) is 4.79 Å². The third kappa shape index (κ3) is 11.3. The Labute approximate surface area is 111 Å². The van der Waals surface area contributed by atoms with Gasteiger partial charge in [0.2, 0.25) is 0 Å². The number of hydrogen-bond acceptors (Lipinski definition) is 1. The average Bonchev–Trinajstić information content (AvgIpc) is 2.35. The van der Waals surface area contributed by atoms with Crippen molar-refractivity contribution in [3.05, 3.63) is 11.6 Å². The summed E-state index contributed by atoms with van der Waals surface area (Å²) in [6, 6.07) is 0. The van der Waals surface area contributed by atoms with E-state index in [1.54, 1.807) is 6.92 Å². The molecule has 0 aliphatic rings. The molecule has 0 radical (unpaired) electrons. The van der Waals surface area contributed by atoms with Gasteiger partial charge in [0.25, 0.3) is 0 Å². The van der Waals surface area contributed by atoms with E-state index in [2.05, 4.69) is 18.8 Å². The van der Waals surface area contributed by atoms with E-state index in [1.807, 2.05) is 0 Å². The van der Waals surface area contributed by atoms with Gasteiger partial charge < -0.3 is 5.11 Å². The smallest absolute Gasteiger partial charge is 0.331 e. The highest BCUT2D eigenvalue weighted by Gasteiger charge is 1.95. The number of hydrogen-bond donors (Lipinski definition) is 1. The monoisotopic (exact) mass is 250 g/mol. The van der Waals surface area contributed by atoms with Crippen LogP contribution < -0.4 is 0 Å². The van der Waals surface area contributed by atoms with Crippen LogP contribution in [0.25, 0.3) is 0 Å². The molecule has 0 saturated heterocycles. The molecule has 0 aromatic heterocycles. The number of aliphatic carboxylic acids is 1. The van der Waals surface area contributed by atoms with E-state index in [4.69, 9.17) is 5.11 Å². The molecule has 0 rings (SSSR count). The van der Waals surface area contributed by atoms with Gasteiger partial charge in [-0.2, -0.15) is 0 Å². The molecule has 2 heteroatoms. The van der Waals surface area contributed by atoms with Crippen molar-refractivity contribution in [3.63, 3.8) is 0 Å². The van der Waals surface area contributed by atoms with E-state index in [0.717, 1.165) is 12.8 Å². The summed E-state index contributed by atoms with van der Waals surface area (Å²) in [7, 11) is 0. The molecule has 0 aliphatic heterocycles. The number of carbonyl (C=O) groups is 1. The van der Waals surface area contributed by atoms with Crippen molar-refractivity contribution in [2.24, 2.45) is 0 Å². The molecule has 0 fully saturated rings. The molecular formula is C16H26O2. The number of unbranched alkanes of at least 4 members (excludes halogenated alkanes) is 8. The van der Waals surface area contributed by atoms with Crippen molar-refractivity contribution in [1.82, 2.24) is 0 Å². The lowest BCUT2D eigenvalue weighted by atomic mass is 10.1. The summed E-state index contributed by atoms with van der Waals surface area (Å²) in [4.78, 5) is 10.5. The summed E-state index contributed by atoms with van der Waals surface area (Å²) >= 11 is 0.